The maximum absolute atomic E-state index is 9.84. The maximum Gasteiger partial charge on any atom is 0.151 e. The first kappa shape index (κ1) is 24.4. The zero-order valence-electron chi connectivity index (χ0n) is 12.7. The minimum Gasteiger partial charge on any atom is -0.870 e. The molecule has 0 saturated carbocycles. The zero-order valence-corrected chi connectivity index (χ0v) is 12.7. The van der Waals surface area contributed by atoms with Gasteiger partial charge >= 0.3 is 0 Å². The highest BCUT2D eigenvalue weighted by molar-refractivity contribution is 5.56. The normalized spacial score (nSPS) is 18.2. The molecule has 0 fully saturated rings. The van der Waals surface area contributed by atoms with Crippen molar-refractivity contribution >= 4 is 6.29 Å². The van der Waals surface area contributed by atoms with Gasteiger partial charge in [-0.15, -0.1) is 0 Å². The largest absolute Gasteiger partial charge is 0.870 e. The molecule has 0 aliphatic rings. The molecule has 5 unspecified atom stereocenters. The van der Waals surface area contributed by atoms with Crippen LogP contribution in [-0.2, 0) is 4.79 Å². The van der Waals surface area contributed by atoms with E-state index in [2.05, 4.69) is 0 Å². The molecule has 6 N–H and O–H groups in total. The number of aliphatic hydroxyl groups excluding tert-OH is 5. The third-order valence-electron chi connectivity index (χ3n) is 2.70. The van der Waals surface area contributed by atoms with Crippen molar-refractivity contribution in [2.45, 2.75) is 65.1 Å². The Bertz CT molecular complexity index is 219. The molecular formula is C13H29O7-. The average Bonchev–Trinajstić information content (AvgIpc) is 2.35. The van der Waals surface area contributed by atoms with Gasteiger partial charge in [0.2, 0.25) is 0 Å². The molecule has 124 valence electrons. The van der Waals surface area contributed by atoms with E-state index >= 15 is 0 Å². The second-order valence-corrected chi connectivity index (χ2v) is 5.33. The van der Waals surface area contributed by atoms with Gasteiger partial charge in [-0.05, 0) is 18.8 Å². The van der Waals surface area contributed by atoms with Gasteiger partial charge in [0.05, 0.1) is 18.3 Å². The van der Waals surface area contributed by atoms with Gasteiger partial charge in [0, 0.05) is 0 Å². The standard InChI is InChI=1S/C7H16O3.C6H12O3.H2O/c1-4(2)6(9)7(10)5(3)8;1-4(2)6(9)5(8)3-7;/h4-10H,1-3H3;3-6,8-9H,1-2H3;1H2/p-1. The van der Waals surface area contributed by atoms with Gasteiger partial charge in [0.1, 0.15) is 12.2 Å². The van der Waals surface area contributed by atoms with E-state index in [1.54, 1.807) is 27.7 Å². The van der Waals surface area contributed by atoms with Gasteiger partial charge in [0.25, 0.3) is 0 Å². The molecular weight excluding hydrogens is 268 g/mol. The summed E-state index contributed by atoms with van der Waals surface area (Å²) in [5.74, 6) is -0.102. The first-order valence-corrected chi connectivity index (χ1v) is 6.41. The second-order valence-electron chi connectivity index (χ2n) is 5.33. The van der Waals surface area contributed by atoms with Crippen molar-refractivity contribution in [1.29, 1.82) is 0 Å². The maximum atomic E-state index is 9.84. The number of aldehydes is 1. The third kappa shape index (κ3) is 10.2. The fraction of sp³-hybridized carbons (Fsp3) is 0.923. The predicted molar refractivity (Wildman–Crippen MR) is 73.4 cm³/mol. The molecule has 5 atom stereocenters. The highest BCUT2D eigenvalue weighted by Crippen LogP contribution is 2.08. The van der Waals surface area contributed by atoms with Crippen LogP contribution in [0.1, 0.15) is 34.6 Å². The summed E-state index contributed by atoms with van der Waals surface area (Å²) < 4.78 is 0. The zero-order chi connectivity index (χ0) is 15.7. The Kier molecular flexibility index (Phi) is 14.9. The summed E-state index contributed by atoms with van der Waals surface area (Å²) in [6.45, 7) is 8.50. The molecule has 0 saturated heterocycles. The van der Waals surface area contributed by atoms with Crippen LogP contribution >= 0.6 is 0 Å². The summed E-state index contributed by atoms with van der Waals surface area (Å²) in [6.07, 6.45) is -4.55. The van der Waals surface area contributed by atoms with Crippen molar-refractivity contribution in [2.24, 2.45) is 11.8 Å². The number of carbonyl (C=O) groups excluding carboxylic acids is 1. The first-order valence-electron chi connectivity index (χ1n) is 6.41. The Morgan fingerprint density at radius 2 is 1.05 bits per heavy atom. The van der Waals surface area contributed by atoms with E-state index in [4.69, 9.17) is 25.5 Å². The summed E-state index contributed by atoms with van der Waals surface area (Å²) in [4.78, 5) is 9.84. The van der Waals surface area contributed by atoms with Crippen molar-refractivity contribution < 1.29 is 35.8 Å². The van der Waals surface area contributed by atoms with Gasteiger partial charge in [-0.2, -0.15) is 0 Å². The Morgan fingerprint density at radius 1 is 0.700 bits per heavy atom. The Hall–Kier alpha value is -0.570. The highest BCUT2D eigenvalue weighted by atomic mass is 16.4. The van der Waals surface area contributed by atoms with Crippen LogP contribution in [0.3, 0.4) is 0 Å². The lowest BCUT2D eigenvalue weighted by Crippen LogP contribution is -2.38. The molecule has 0 aliphatic carbocycles. The van der Waals surface area contributed by atoms with Crippen LogP contribution in [0.15, 0.2) is 0 Å². The van der Waals surface area contributed by atoms with E-state index in [1.165, 1.54) is 6.92 Å². The number of rotatable bonds is 6. The van der Waals surface area contributed by atoms with E-state index in [-0.39, 0.29) is 17.3 Å². The van der Waals surface area contributed by atoms with Gasteiger partial charge < -0.3 is 35.8 Å². The monoisotopic (exact) mass is 297 g/mol. The summed E-state index contributed by atoms with van der Waals surface area (Å²) >= 11 is 0. The minimum atomic E-state index is -1.23. The van der Waals surface area contributed by atoms with Gasteiger partial charge in [-0.25, -0.2) is 0 Å². The van der Waals surface area contributed by atoms with Gasteiger partial charge in [-0.3, -0.25) is 0 Å². The lowest BCUT2D eigenvalue weighted by atomic mass is 9.99. The van der Waals surface area contributed by atoms with Gasteiger partial charge in [-0.1, -0.05) is 27.7 Å². The van der Waals surface area contributed by atoms with Gasteiger partial charge in [0.15, 0.2) is 6.29 Å². The molecule has 7 heteroatoms. The first-order chi connectivity index (χ1) is 8.56. The molecule has 0 bridgehead atoms. The number of hydrogen-bond acceptors (Lipinski definition) is 7. The van der Waals surface area contributed by atoms with Crippen molar-refractivity contribution in [1.82, 2.24) is 0 Å². The summed E-state index contributed by atoms with van der Waals surface area (Å²) in [5.41, 5.74) is 0. The lowest BCUT2D eigenvalue weighted by Gasteiger charge is -2.22. The average molecular weight is 297 g/mol. The smallest absolute Gasteiger partial charge is 0.151 e. The van der Waals surface area contributed by atoms with E-state index in [1.807, 2.05) is 0 Å². The molecule has 0 heterocycles. The van der Waals surface area contributed by atoms with Crippen LogP contribution < -0.4 is 0 Å². The van der Waals surface area contributed by atoms with E-state index in [9.17, 15) is 4.79 Å². The summed E-state index contributed by atoms with van der Waals surface area (Å²) in [6, 6.07) is 0. The molecule has 0 radical (unpaired) electrons. The molecule has 0 aromatic heterocycles. The molecule has 0 aromatic carbocycles. The summed E-state index contributed by atoms with van der Waals surface area (Å²) in [5, 5.41) is 44.6. The quantitative estimate of drug-likeness (QED) is 0.400. The number of aliphatic hydroxyl groups is 5. The molecule has 0 aliphatic heterocycles. The molecule has 20 heavy (non-hydrogen) atoms. The van der Waals surface area contributed by atoms with Crippen LogP contribution in [0.25, 0.3) is 0 Å². The fourth-order valence-electron chi connectivity index (χ4n) is 1.15. The lowest BCUT2D eigenvalue weighted by molar-refractivity contribution is -0.121. The molecule has 0 amide bonds. The highest BCUT2D eigenvalue weighted by Gasteiger charge is 2.23. The van der Waals surface area contributed by atoms with Crippen molar-refractivity contribution in [3.63, 3.8) is 0 Å². The SMILES string of the molecule is CC(C)C(O)C(O)C(C)O.CC(C)C(O)C(O)C=O.[OH-]. The van der Waals surface area contributed by atoms with Crippen LogP contribution in [0.2, 0.25) is 0 Å². The van der Waals surface area contributed by atoms with Crippen molar-refractivity contribution in [3.05, 3.63) is 0 Å². The van der Waals surface area contributed by atoms with E-state index in [0.717, 1.165) is 0 Å². The topological polar surface area (TPSA) is 148 Å². The van der Waals surface area contributed by atoms with Crippen molar-refractivity contribution in [2.75, 3.05) is 0 Å². The van der Waals surface area contributed by atoms with Crippen LogP contribution in [0, 0.1) is 11.8 Å². The summed E-state index contributed by atoms with van der Waals surface area (Å²) in [7, 11) is 0. The van der Waals surface area contributed by atoms with Crippen LogP contribution in [-0.4, -0.2) is 67.8 Å². The predicted octanol–water partition coefficient (Wildman–Crippen LogP) is -0.869. The van der Waals surface area contributed by atoms with Crippen molar-refractivity contribution in [3.8, 4) is 0 Å². The Balaban J connectivity index is -0.000000277. The molecule has 0 rings (SSSR count). The van der Waals surface area contributed by atoms with E-state index in [0.29, 0.717) is 6.29 Å². The van der Waals surface area contributed by atoms with E-state index < -0.39 is 30.5 Å². The number of carbonyl (C=O) groups is 1. The third-order valence-corrected chi connectivity index (χ3v) is 2.70. The molecule has 0 spiro atoms. The fourth-order valence-corrected chi connectivity index (χ4v) is 1.15. The van der Waals surface area contributed by atoms with Crippen LogP contribution in [0.4, 0.5) is 0 Å². The second kappa shape index (κ2) is 12.2. The Labute approximate surface area is 120 Å². The minimum absolute atomic E-state index is 0. The molecule has 7 nitrogen and oxygen atoms in total. The number of hydrogen-bond donors (Lipinski definition) is 5. The molecule has 0 aromatic rings. The van der Waals surface area contributed by atoms with Crippen LogP contribution in [0.5, 0.6) is 0 Å². The Morgan fingerprint density at radius 3 is 1.15 bits per heavy atom.